The van der Waals surface area contributed by atoms with Crippen LogP contribution < -0.4 is 5.32 Å². The van der Waals surface area contributed by atoms with Crippen LogP contribution in [0.1, 0.15) is 69.6 Å². The van der Waals surface area contributed by atoms with Gasteiger partial charge in [0.05, 0.1) is 5.69 Å². The van der Waals surface area contributed by atoms with Gasteiger partial charge in [-0.15, -0.1) is 0 Å². The molecule has 0 bridgehead atoms. The van der Waals surface area contributed by atoms with Gasteiger partial charge in [-0.05, 0) is 6.42 Å². The molecule has 0 aromatic carbocycles. The maximum absolute atomic E-state index is 4.85. The van der Waals surface area contributed by atoms with Gasteiger partial charge in [0.25, 0.3) is 0 Å². The molecule has 1 aliphatic heterocycles. The zero-order valence-corrected chi connectivity index (χ0v) is 12.1. The number of hydrogen-bond donors (Lipinski definition) is 1. The Hall–Kier alpha value is -0.830. The number of aromatic nitrogens is 2. The highest BCUT2D eigenvalue weighted by atomic mass is 15.1. The van der Waals surface area contributed by atoms with Crippen LogP contribution in [0.5, 0.6) is 0 Å². The van der Waals surface area contributed by atoms with Crippen molar-refractivity contribution in [2.24, 2.45) is 0 Å². The SMILES string of the molecule is CCCCCCn1c(C(C)C)nc2c1CCNC2. The molecule has 0 unspecified atom stereocenters. The van der Waals surface area contributed by atoms with E-state index in [9.17, 15) is 0 Å². The van der Waals surface area contributed by atoms with Crippen LogP contribution in [0.25, 0.3) is 0 Å². The lowest BCUT2D eigenvalue weighted by Gasteiger charge is -2.17. The Morgan fingerprint density at radius 1 is 1.28 bits per heavy atom. The first kappa shape index (κ1) is 13.6. The van der Waals surface area contributed by atoms with E-state index in [0.717, 1.165) is 26.1 Å². The van der Waals surface area contributed by atoms with E-state index in [-0.39, 0.29) is 0 Å². The van der Waals surface area contributed by atoms with E-state index < -0.39 is 0 Å². The van der Waals surface area contributed by atoms with Crippen LogP contribution >= 0.6 is 0 Å². The molecule has 0 radical (unpaired) electrons. The van der Waals surface area contributed by atoms with Gasteiger partial charge in [-0.2, -0.15) is 0 Å². The van der Waals surface area contributed by atoms with E-state index in [2.05, 4.69) is 30.7 Å². The molecule has 102 valence electrons. The maximum Gasteiger partial charge on any atom is 0.111 e. The molecule has 0 atom stereocenters. The largest absolute Gasteiger partial charge is 0.331 e. The van der Waals surface area contributed by atoms with Crippen LogP contribution in [0, 0.1) is 0 Å². The fourth-order valence-corrected chi connectivity index (χ4v) is 2.78. The first-order valence-electron chi connectivity index (χ1n) is 7.53. The maximum atomic E-state index is 4.85. The van der Waals surface area contributed by atoms with Gasteiger partial charge in [-0.25, -0.2) is 4.98 Å². The molecule has 18 heavy (non-hydrogen) atoms. The minimum atomic E-state index is 0.529. The third kappa shape index (κ3) is 2.94. The highest BCUT2D eigenvalue weighted by molar-refractivity contribution is 5.21. The molecule has 2 rings (SSSR count). The van der Waals surface area contributed by atoms with Crippen molar-refractivity contribution in [3.8, 4) is 0 Å². The quantitative estimate of drug-likeness (QED) is 0.784. The molecule has 0 amide bonds. The van der Waals surface area contributed by atoms with Crippen molar-refractivity contribution in [1.29, 1.82) is 0 Å². The number of nitrogens with one attached hydrogen (secondary N) is 1. The van der Waals surface area contributed by atoms with Gasteiger partial charge < -0.3 is 9.88 Å². The van der Waals surface area contributed by atoms with E-state index in [0.29, 0.717) is 5.92 Å². The lowest BCUT2D eigenvalue weighted by atomic mass is 10.1. The normalized spacial score (nSPS) is 15.1. The number of nitrogens with zero attached hydrogens (tertiary/aromatic N) is 2. The fraction of sp³-hybridized carbons (Fsp3) is 0.800. The third-order valence-corrected chi connectivity index (χ3v) is 3.77. The van der Waals surface area contributed by atoms with Crippen molar-refractivity contribution in [2.45, 2.75) is 71.9 Å². The molecule has 1 aromatic heterocycles. The molecule has 0 fully saturated rings. The van der Waals surface area contributed by atoms with E-state index >= 15 is 0 Å². The summed E-state index contributed by atoms with van der Waals surface area (Å²) in [6, 6.07) is 0. The van der Waals surface area contributed by atoms with Crippen molar-refractivity contribution in [3.05, 3.63) is 17.2 Å². The molecule has 2 heterocycles. The average Bonchev–Trinajstić information content (AvgIpc) is 2.74. The third-order valence-electron chi connectivity index (χ3n) is 3.77. The second-order valence-corrected chi connectivity index (χ2v) is 5.66. The molecular weight excluding hydrogens is 222 g/mol. The Morgan fingerprint density at radius 2 is 2.11 bits per heavy atom. The first-order valence-corrected chi connectivity index (χ1v) is 7.53. The summed E-state index contributed by atoms with van der Waals surface area (Å²) < 4.78 is 2.51. The molecular formula is C15H27N3. The summed E-state index contributed by atoms with van der Waals surface area (Å²) in [5.74, 6) is 1.82. The summed E-state index contributed by atoms with van der Waals surface area (Å²) in [6.07, 6.45) is 6.45. The number of hydrogen-bond acceptors (Lipinski definition) is 2. The lowest BCUT2D eigenvalue weighted by Crippen LogP contribution is -2.25. The Kier molecular flexibility index (Phi) is 4.81. The number of imidazole rings is 1. The van der Waals surface area contributed by atoms with Crippen LogP contribution in [0.3, 0.4) is 0 Å². The molecule has 0 aliphatic carbocycles. The highest BCUT2D eigenvalue weighted by Crippen LogP contribution is 2.22. The number of rotatable bonds is 6. The molecule has 1 N–H and O–H groups in total. The number of fused-ring (bicyclic) bond motifs is 1. The van der Waals surface area contributed by atoms with Crippen molar-refractivity contribution < 1.29 is 0 Å². The molecule has 0 saturated carbocycles. The second-order valence-electron chi connectivity index (χ2n) is 5.66. The lowest BCUT2D eigenvalue weighted by molar-refractivity contribution is 0.526. The van der Waals surface area contributed by atoms with Crippen LogP contribution in [0.4, 0.5) is 0 Å². The predicted octanol–water partition coefficient (Wildman–Crippen LogP) is 3.23. The Bertz CT molecular complexity index is 379. The zero-order valence-electron chi connectivity index (χ0n) is 12.1. The molecule has 0 saturated heterocycles. The Labute approximate surface area is 111 Å². The van der Waals surface area contributed by atoms with Gasteiger partial charge in [0, 0.05) is 37.7 Å². The summed E-state index contributed by atoms with van der Waals surface area (Å²) in [5.41, 5.74) is 2.79. The van der Waals surface area contributed by atoms with Crippen LogP contribution in [-0.2, 0) is 19.5 Å². The van der Waals surface area contributed by atoms with E-state index in [1.807, 2.05) is 0 Å². The monoisotopic (exact) mass is 249 g/mol. The van der Waals surface area contributed by atoms with E-state index in [4.69, 9.17) is 4.98 Å². The summed E-state index contributed by atoms with van der Waals surface area (Å²) >= 11 is 0. The summed E-state index contributed by atoms with van der Waals surface area (Å²) in [4.78, 5) is 4.85. The average molecular weight is 249 g/mol. The Balaban J connectivity index is 2.12. The minimum Gasteiger partial charge on any atom is -0.331 e. The number of unbranched alkanes of at least 4 members (excludes halogenated alkanes) is 3. The highest BCUT2D eigenvalue weighted by Gasteiger charge is 2.20. The van der Waals surface area contributed by atoms with Crippen molar-refractivity contribution in [3.63, 3.8) is 0 Å². The van der Waals surface area contributed by atoms with Gasteiger partial charge >= 0.3 is 0 Å². The molecule has 1 aromatic rings. The van der Waals surface area contributed by atoms with Crippen LogP contribution in [0.15, 0.2) is 0 Å². The summed E-state index contributed by atoms with van der Waals surface area (Å²) in [7, 11) is 0. The van der Waals surface area contributed by atoms with Crippen LogP contribution in [-0.4, -0.2) is 16.1 Å². The van der Waals surface area contributed by atoms with E-state index in [1.165, 1.54) is 42.9 Å². The minimum absolute atomic E-state index is 0.529. The van der Waals surface area contributed by atoms with Crippen molar-refractivity contribution in [2.75, 3.05) is 6.54 Å². The molecule has 0 spiro atoms. The standard InChI is InChI=1S/C15H27N3/c1-4-5-6-7-10-18-14-8-9-16-11-13(14)17-15(18)12(2)3/h12,16H,4-11H2,1-3H3. The second kappa shape index (κ2) is 6.37. The molecule has 3 nitrogen and oxygen atoms in total. The predicted molar refractivity (Wildman–Crippen MR) is 75.9 cm³/mol. The fourth-order valence-electron chi connectivity index (χ4n) is 2.78. The van der Waals surface area contributed by atoms with Gasteiger partial charge in [0.2, 0.25) is 0 Å². The van der Waals surface area contributed by atoms with Gasteiger partial charge in [-0.1, -0.05) is 40.0 Å². The van der Waals surface area contributed by atoms with Gasteiger partial charge in [0.1, 0.15) is 5.82 Å². The van der Waals surface area contributed by atoms with Crippen molar-refractivity contribution in [1.82, 2.24) is 14.9 Å². The zero-order chi connectivity index (χ0) is 13.0. The first-order chi connectivity index (χ1) is 8.74. The van der Waals surface area contributed by atoms with Gasteiger partial charge in [0.15, 0.2) is 0 Å². The van der Waals surface area contributed by atoms with E-state index in [1.54, 1.807) is 0 Å². The topological polar surface area (TPSA) is 29.9 Å². The summed E-state index contributed by atoms with van der Waals surface area (Å²) in [6.45, 7) is 10.00. The van der Waals surface area contributed by atoms with Crippen molar-refractivity contribution >= 4 is 0 Å². The molecule has 1 aliphatic rings. The smallest absolute Gasteiger partial charge is 0.111 e. The summed E-state index contributed by atoms with van der Waals surface area (Å²) in [5, 5.41) is 3.42. The van der Waals surface area contributed by atoms with Gasteiger partial charge in [-0.3, -0.25) is 0 Å². The Morgan fingerprint density at radius 3 is 2.83 bits per heavy atom. The van der Waals surface area contributed by atoms with Crippen LogP contribution in [0.2, 0.25) is 0 Å². The molecule has 3 heteroatoms.